The number of carbonyl (C=O) groups excluding carboxylic acids is 1. The topological polar surface area (TPSA) is 74.8 Å². The van der Waals surface area contributed by atoms with E-state index < -0.39 is 0 Å². The highest BCUT2D eigenvalue weighted by Gasteiger charge is 2.11. The number of hydrogen-bond acceptors (Lipinski definition) is 4. The quantitative estimate of drug-likeness (QED) is 0.708. The van der Waals surface area contributed by atoms with E-state index in [1.807, 2.05) is 0 Å². The van der Waals surface area contributed by atoms with Crippen LogP contribution in [0.3, 0.4) is 0 Å². The molecule has 2 N–H and O–H groups in total. The summed E-state index contributed by atoms with van der Waals surface area (Å²) in [6.07, 6.45) is 4.76. The van der Waals surface area contributed by atoms with Crippen LogP contribution in [0.5, 0.6) is 0 Å². The lowest BCUT2D eigenvalue weighted by Crippen LogP contribution is -2.11. The third-order valence-electron chi connectivity index (χ3n) is 3.48. The van der Waals surface area contributed by atoms with Crippen molar-refractivity contribution in [2.75, 3.05) is 5.32 Å². The standard InChI is InChI=1S/C18H14FN3O2/c19-14-1-3-15(4-2-14)22-16-11-20-7-5-12(16)9-17(23)13-6-8-21-18(24)10-13/h1-8,10-11,22H,9H2,(H,21,24). The molecule has 6 heteroatoms. The van der Waals surface area contributed by atoms with Crippen molar-refractivity contribution >= 4 is 17.2 Å². The zero-order valence-electron chi connectivity index (χ0n) is 12.6. The summed E-state index contributed by atoms with van der Waals surface area (Å²) in [5.74, 6) is -0.495. The second kappa shape index (κ2) is 6.87. The number of rotatable bonds is 5. The van der Waals surface area contributed by atoms with E-state index in [1.54, 1.807) is 36.7 Å². The average molecular weight is 323 g/mol. The number of aromatic amines is 1. The van der Waals surface area contributed by atoms with Gasteiger partial charge in [-0.1, -0.05) is 0 Å². The molecule has 0 saturated carbocycles. The Labute approximate surface area is 137 Å². The monoisotopic (exact) mass is 323 g/mol. The number of benzene rings is 1. The molecular formula is C18H14FN3O2. The Balaban J connectivity index is 1.82. The van der Waals surface area contributed by atoms with Crippen molar-refractivity contribution in [3.63, 3.8) is 0 Å². The third-order valence-corrected chi connectivity index (χ3v) is 3.48. The number of nitrogens with one attached hydrogen (secondary N) is 2. The molecule has 3 aromatic rings. The average Bonchev–Trinajstić information content (AvgIpc) is 2.58. The van der Waals surface area contributed by atoms with Gasteiger partial charge in [0.25, 0.3) is 0 Å². The van der Waals surface area contributed by atoms with Gasteiger partial charge in [-0.15, -0.1) is 0 Å². The molecule has 0 fully saturated rings. The molecule has 0 spiro atoms. The SMILES string of the molecule is O=C(Cc1ccncc1Nc1ccc(F)cc1)c1cc[nH]c(=O)c1. The number of carbonyl (C=O) groups is 1. The van der Waals surface area contributed by atoms with Crippen molar-refractivity contribution in [3.8, 4) is 0 Å². The van der Waals surface area contributed by atoms with Crippen molar-refractivity contribution in [3.05, 3.63) is 88.4 Å². The van der Waals surface area contributed by atoms with E-state index in [4.69, 9.17) is 0 Å². The second-order valence-electron chi connectivity index (χ2n) is 5.21. The van der Waals surface area contributed by atoms with Gasteiger partial charge in [0, 0.05) is 36.1 Å². The van der Waals surface area contributed by atoms with Gasteiger partial charge in [0.15, 0.2) is 5.78 Å². The largest absolute Gasteiger partial charge is 0.354 e. The highest BCUT2D eigenvalue weighted by atomic mass is 19.1. The first-order valence-corrected chi connectivity index (χ1v) is 7.29. The first-order chi connectivity index (χ1) is 11.6. The molecule has 0 unspecified atom stereocenters. The Morgan fingerprint density at radius 3 is 2.71 bits per heavy atom. The number of ketones is 1. The van der Waals surface area contributed by atoms with Gasteiger partial charge in [0.1, 0.15) is 5.82 Å². The van der Waals surface area contributed by atoms with Crippen molar-refractivity contribution < 1.29 is 9.18 Å². The molecule has 0 radical (unpaired) electrons. The Hall–Kier alpha value is -3.28. The molecule has 0 saturated heterocycles. The van der Waals surface area contributed by atoms with Crippen LogP contribution in [0, 0.1) is 5.82 Å². The second-order valence-corrected chi connectivity index (χ2v) is 5.21. The molecular weight excluding hydrogens is 309 g/mol. The molecule has 0 aliphatic heterocycles. The van der Waals surface area contributed by atoms with E-state index >= 15 is 0 Å². The number of Topliss-reactive ketones (excluding diaryl/α,β-unsaturated/α-hetero) is 1. The van der Waals surface area contributed by atoms with Crippen LogP contribution in [0.2, 0.25) is 0 Å². The highest BCUT2D eigenvalue weighted by molar-refractivity contribution is 5.98. The summed E-state index contributed by atoms with van der Waals surface area (Å²) in [6.45, 7) is 0. The molecule has 120 valence electrons. The number of H-pyrrole nitrogens is 1. The molecule has 1 aromatic carbocycles. The maximum absolute atomic E-state index is 13.0. The lowest BCUT2D eigenvalue weighted by atomic mass is 10.0. The van der Waals surface area contributed by atoms with Gasteiger partial charge in [-0.3, -0.25) is 14.6 Å². The molecule has 0 aliphatic rings. The van der Waals surface area contributed by atoms with E-state index in [0.29, 0.717) is 16.9 Å². The van der Waals surface area contributed by atoms with Crippen molar-refractivity contribution in [2.24, 2.45) is 0 Å². The maximum Gasteiger partial charge on any atom is 0.248 e. The van der Waals surface area contributed by atoms with Crippen LogP contribution < -0.4 is 10.9 Å². The summed E-state index contributed by atoms with van der Waals surface area (Å²) in [4.78, 5) is 30.2. The molecule has 3 rings (SSSR count). The van der Waals surface area contributed by atoms with Crippen LogP contribution in [0.25, 0.3) is 0 Å². The van der Waals surface area contributed by atoms with Crippen LogP contribution in [0.4, 0.5) is 15.8 Å². The van der Waals surface area contributed by atoms with Gasteiger partial charge < -0.3 is 10.3 Å². The van der Waals surface area contributed by atoms with Gasteiger partial charge in [-0.2, -0.15) is 0 Å². The van der Waals surface area contributed by atoms with Crippen molar-refractivity contribution in [1.82, 2.24) is 9.97 Å². The van der Waals surface area contributed by atoms with E-state index in [9.17, 15) is 14.0 Å². The van der Waals surface area contributed by atoms with E-state index in [-0.39, 0.29) is 23.6 Å². The number of anilines is 2. The number of nitrogens with zero attached hydrogens (tertiary/aromatic N) is 1. The summed E-state index contributed by atoms with van der Waals surface area (Å²) >= 11 is 0. The molecule has 0 amide bonds. The zero-order chi connectivity index (χ0) is 16.9. The van der Waals surface area contributed by atoms with Gasteiger partial charge in [-0.25, -0.2) is 4.39 Å². The minimum atomic E-state index is -0.323. The first kappa shape index (κ1) is 15.6. The fourth-order valence-corrected chi connectivity index (χ4v) is 2.27. The molecule has 5 nitrogen and oxygen atoms in total. The summed E-state index contributed by atoms with van der Waals surface area (Å²) in [5.41, 5.74) is 2.11. The zero-order valence-corrected chi connectivity index (χ0v) is 12.6. The van der Waals surface area contributed by atoms with Crippen molar-refractivity contribution in [1.29, 1.82) is 0 Å². The van der Waals surface area contributed by atoms with Gasteiger partial charge in [-0.05, 0) is 42.0 Å². The molecule has 0 aliphatic carbocycles. The molecule has 2 aromatic heterocycles. The lowest BCUT2D eigenvalue weighted by molar-refractivity contribution is 0.0993. The number of halogens is 1. The predicted octanol–water partition coefficient (Wildman–Crippen LogP) is 3.08. The fourth-order valence-electron chi connectivity index (χ4n) is 2.27. The van der Waals surface area contributed by atoms with Gasteiger partial charge in [0.05, 0.1) is 11.9 Å². The third kappa shape index (κ3) is 3.73. The Bertz CT molecular complexity index is 920. The highest BCUT2D eigenvalue weighted by Crippen LogP contribution is 2.21. The van der Waals surface area contributed by atoms with Crippen LogP contribution in [0.15, 0.2) is 65.8 Å². The smallest absolute Gasteiger partial charge is 0.248 e. The van der Waals surface area contributed by atoms with Crippen molar-refractivity contribution in [2.45, 2.75) is 6.42 Å². The minimum absolute atomic E-state index is 0.121. The molecule has 2 heterocycles. The van der Waals surface area contributed by atoms with Crippen LogP contribution in [-0.2, 0) is 6.42 Å². The Morgan fingerprint density at radius 1 is 1.17 bits per heavy atom. The Kier molecular flexibility index (Phi) is 4.47. The fraction of sp³-hybridized carbons (Fsp3) is 0.0556. The van der Waals surface area contributed by atoms with E-state index in [0.717, 1.165) is 5.56 Å². The minimum Gasteiger partial charge on any atom is -0.354 e. The van der Waals surface area contributed by atoms with E-state index in [2.05, 4.69) is 15.3 Å². The van der Waals surface area contributed by atoms with Gasteiger partial charge >= 0.3 is 0 Å². The Morgan fingerprint density at radius 2 is 1.96 bits per heavy atom. The van der Waals surface area contributed by atoms with E-state index in [1.165, 1.54) is 24.4 Å². The van der Waals surface area contributed by atoms with Crippen LogP contribution in [-0.4, -0.2) is 15.8 Å². The summed E-state index contributed by atoms with van der Waals surface area (Å²) in [5, 5.41) is 3.12. The first-order valence-electron chi connectivity index (χ1n) is 7.29. The molecule has 0 bridgehead atoms. The number of hydrogen-bond donors (Lipinski definition) is 2. The number of pyridine rings is 2. The summed E-state index contributed by atoms with van der Waals surface area (Å²) in [7, 11) is 0. The van der Waals surface area contributed by atoms with Crippen LogP contribution >= 0.6 is 0 Å². The lowest BCUT2D eigenvalue weighted by Gasteiger charge is -2.11. The van der Waals surface area contributed by atoms with Crippen LogP contribution in [0.1, 0.15) is 15.9 Å². The molecule has 0 atom stereocenters. The summed E-state index contributed by atoms with van der Waals surface area (Å²) < 4.78 is 13.0. The summed E-state index contributed by atoms with van der Waals surface area (Å²) in [6, 6.07) is 10.5. The predicted molar refractivity (Wildman–Crippen MR) is 89.0 cm³/mol. The molecule has 24 heavy (non-hydrogen) atoms. The number of aromatic nitrogens is 2. The maximum atomic E-state index is 13.0. The van der Waals surface area contributed by atoms with Gasteiger partial charge in [0.2, 0.25) is 5.56 Å². The normalized spacial score (nSPS) is 10.4.